The van der Waals surface area contributed by atoms with Gasteiger partial charge in [-0.05, 0) is 28.1 Å². The quantitative estimate of drug-likeness (QED) is 0.685. The van der Waals surface area contributed by atoms with Crippen LogP contribution in [0.25, 0.3) is 0 Å². The maximum Gasteiger partial charge on any atom is 0.189 e. The van der Waals surface area contributed by atoms with Crippen LogP contribution in [0.15, 0.2) is 44.9 Å². The van der Waals surface area contributed by atoms with E-state index in [1.165, 1.54) is 0 Å². The number of anilines is 1. The van der Waals surface area contributed by atoms with Gasteiger partial charge in [-0.3, -0.25) is 0 Å². The first-order chi connectivity index (χ1) is 6.34. The van der Waals surface area contributed by atoms with Gasteiger partial charge < -0.3 is 5.73 Å². The summed E-state index contributed by atoms with van der Waals surface area (Å²) in [5.74, 6) is 0. The van der Waals surface area contributed by atoms with E-state index >= 15 is 0 Å². The second-order valence-corrected chi connectivity index (χ2v) is 2.84. The SMILES string of the molecule is Nc1cccc(CC2N=NN=N2)c1. The molecule has 0 unspecified atom stereocenters. The number of benzene rings is 1. The Bertz CT molecular complexity index is 345. The number of nitrogens with zero attached hydrogens (tertiary/aromatic N) is 4. The largest absolute Gasteiger partial charge is 0.399 e. The number of hydrogen-bond donors (Lipinski definition) is 1. The Hall–Kier alpha value is -1.78. The van der Waals surface area contributed by atoms with Crippen LogP contribution in [0.3, 0.4) is 0 Å². The van der Waals surface area contributed by atoms with Gasteiger partial charge in [0, 0.05) is 12.1 Å². The minimum atomic E-state index is -0.165. The highest BCUT2D eigenvalue weighted by molar-refractivity contribution is 5.40. The third-order valence-electron chi connectivity index (χ3n) is 1.78. The fourth-order valence-corrected chi connectivity index (χ4v) is 1.20. The Labute approximate surface area is 75.4 Å². The summed E-state index contributed by atoms with van der Waals surface area (Å²) in [4.78, 5) is 0. The molecule has 1 aliphatic rings. The summed E-state index contributed by atoms with van der Waals surface area (Å²) in [6.45, 7) is 0. The van der Waals surface area contributed by atoms with Gasteiger partial charge in [0.05, 0.1) is 0 Å². The third-order valence-corrected chi connectivity index (χ3v) is 1.78. The van der Waals surface area contributed by atoms with E-state index in [0.717, 1.165) is 11.3 Å². The van der Waals surface area contributed by atoms with Gasteiger partial charge in [0.1, 0.15) is 0 Å². The lowest BCUT2D eigenvalue weighted by Crippen LogP contribution is -2.02. The molecule has 0 amide bonds. The average Bonchev–Trinajstić information content (AvgIpc) is 2.57. The molecule has 0 spiro atoms. The second-order valence-electron chi connectivity index (χ2n) is 2.84. The molecule has 0 radical (unpaired) electrons. The molecular formula is C8H9N5. The standard InChI is InChI=1S/C8H9N5/c9-7-3-1-2-6(4-7)5-8-10-12-13-11-8/h1-4,8H,5,9H2. The normalized spacial score (nSPS) is 15.4. The van der Waals surface area contributed by atoms with Crippen molar-refractivity contribution >= 4 is 5.69 Å². The van der Waals surface area contributed by atoms with Crippen LogP contribution in [0.5, 0.6) is 0 Å². The zero-order valence-corrected chi connectivity index (χ0v) is 6.96. The monoisotopic (exact) mass is 175 g/mol. The molecule has 5 heteroatoms. The maximum absolute atomic E-state index is 5.62. The molecule has 0 bridgehead atoms. The molecule has 2 N–H and O–H groups in total. The Kier molecular flexibility index (Phi) is 1.99. The van der Waals surface area contributed by atoms with Crippen molar-refractivity contribution in [2.45, 2.75) is 12.6 Å². The van der Waals surface area contributed by atoms with Crippen LogP contribution in [0, 0.1) is 0 Å². The molecule has 1 aromatic rings. The number of nitrogen functional groups attached to an aromatic ring is 1. The van der Waals surface area contributed by atoms with Gasteiger partial charge in [0.2, 0.25) is 0 Å². The molecule has 0 fully saturated rings. The molecule has 0 saturated heterocycles. The molecule has 0 aliphatic carbocycles. The summed E-state index contributed by atoms with van der Waals surface area (Å²) < 4.78 is 0. The van der Waals surface area contributed by atoms with Crippen molar-refractivity contribution in [3.63, 3.8) is 0 Å². The first-order valence-corrected chi connectivity index (χ1v) is 3.99. The van der Waals surface area contributed by atoms with Crippen LogP contribution in [-0.4, -0.2) is 6.17 Å². The van der Waals surface area contributed by atoms with Crippen LogP contribution in [0.1, 0.15) is 5.56 Å². The van der Waals surface area contributed by atoms with Crippen LogP contribution >= 0.6 is 0 Å². The van der Waals surface area contributed by atoms with E-state index in [1.54, 1.807) is 0 Å². The molecule has 0 saturated carbocycles. The molecule has 2 rings (SSSR count). The highest BCUT2D eigenvalue weighted by Crippen LogP contribution is 2.14. The Morgan fingerprint density at radius 3 is 2.69 bits per heavy atom. The lowest BCUT2D eigenvalue weighted by Gasteiger charge is -2.01. The number of rotatable bonds is 2. The first kappa shape index (κ1) is 7.85. The molecule has 13 heavy (non-hydrogen) atoms. The van der Waals surface area contributed by atoms with E-state index in [9.17, 15) is 0 Å². The van der Waals surface area contributed by atoms with Crippen molar-refractivity contribution in [2.75, 3.05) is 5.73 Å². The topological polar surface area (TPSA) is 75.5 Å². The van der Waals surface area contributed by atoms with Gasteiger partial charge in [-0.2, -0.15) is 0 Å². The van der Waals surface area contributed by atoms with Crippen molar-refractivity contribution in [2.24, 2.45) is 20.7 Å². The van der Waals surface area contributed by atoms with Crippen molar-refractivity contribution in [1.29, 1.82) is 0 Å². The van der Waals surface area contributed by atoms with Gasteiger partial charge in [0.15, 0.2) is 6.17 Å². The lowest BCUT2D eigenvalue weighted by molar-refractivity contribution is 0.698. The number of hydrogen-bond acceptors (Lipinski definition) is 5. The highest BCUT2D eigenvalue weighted by atomic mass is 15.6. The molecule has 1 aliphatic heterocycles. The Balaban J connectivity index is 2.09. The highest BCUT2D eigenvalue weighted by Gasteiger charge is 2.09. The van der Waals surface area contributed by atoms with Gasteiger partial charge in [-0.25, -0.2) is 0 Å². The predicted molar refractivity (Wildman–Crippen MR) is 48.1 cm³/mol. The van der Waals surface area contributed by atoms with Gasteiger partial charge in [-0.15, -0.1) is 10.2 Å². The molecule has 66 valence electrons. The minimum Gasteiger partial charge on any atom is -0.399 e. The van der Waals surface area contributed by atoms with Crippen molar-refractivity contribution in [3.8, 4) is 0 Å². The Morgan fingerprint density at radius 1 is 1.23 bits per heavy atom. The van der Waals surface area contributed by atoms with Gasteiger partial charge in [-0.1, -0.05) is 12.1 Å². The van der Waals surface area contributed by atoms with Crippen LogP contribution in [0.4, 0.5) is 5.69 Å². The predicted octanol–water partition coefficient (Wildman–Crippen LogP) is 1.97. The molecule has 1 heterocycles. The Morgan fingerprint density at radius 2 is 2.00 bits per heavy atom. The van der Waals surface area contributed by atoms with E-state index in [2.05, 4.69) is 20.7 Å². The van der Waals surface area contributed by atoms with E-state index in [0.29, 0.717) is 6.42 Å². The van der Waals surface area contributed by atoms with Crippen LogP contribution in [-0.2, 0) is 6.42 Å². The van der Waals surface area contributed by atoms with E-state index < -0.39 is 0 Å². The van der Waals surface area contributed by atoms with Gasteiger partial charge in [0.25, 0.3) is 0 Å². The maximum atomic E-state index is 5.62. The van der Waals surface area contributed by atoms with Crippen LogP contribution < -0.4 is 5.73 Å². The molecule has 0 atom stereocenters. The molecule has 0 aromatic heterocycles. The van der Waals surface area contributed by atoms with E-state index in [-0.39, 0.29) is 6.17 Å². The smallest absolute Gasteiger partial charge is 0.189 e. The van der Waals surface area contributed by atoms with Crippen molar-refractivity contribution in [1.82, 2.24) is 0 Å². The van der Waals surface area contributed by atoms with Crippen molar-refractivity contribution in [3.05, 3.63) is 29.8 Å². The first-order valence-electron chi connectivity index (χ1n) is 3.99. The van der Waals surface area contributed by atoms with Crippen LogP contribution in [0.2, 0.25) is 0 Å². The van der Waals surface area contributed by atoms with E-state index in [1.807, 2.05) is 24.3 Å². The zero-order chi connectivity index (χ0) is 9.10. The summed E-state index contributed by atoms with van der Waals surface area (Å²) in [7, 11) is 0. The summed E-state index contributed by atoms with van der Waals surface area (Å²) in [6, 6.07) is 7.65. The minimum absolute atomic E-state index is 0.165. The fraction of sp³-hybridized carbons (Fsp3) is 0.250. The summed E-state index contributed by atoms with van der Waals surface area (Å²) in [5, 5.41) is 14.5. The fourth-order valence-electron chi connectivity index (χ4n) is 1.20. The zero-order valence-electron chi connectivity index (χ0n) is 6.96. The van der Waals surface area contributed by atoms with Crippen molar-refractivity contribution < 1.29 is 0 Å². The second kappa shape index (κ2) is 3.30. The molecule has 1 aromatic carbocycles. The lowest BCUT2D eigenvalue weighted by atomic mass is 10.1. The summed E-state index contributed by atoms with van der Waals surface area (Å²) >= 11 is 0. The van der Waals surface area contributed by atoms with E-state index in [4.69, 9.17) is 5.73 Å². The third kappa shape index (κ3) is 1.87. The molecular weight excluding hydrogens is 166 g/mol. The number of nitrogens with two attached hydrogens (primary N) is 1. The average molecular weight is 175 g/mol. The van der Waals surface area contributed by atoms with Gasteiger partial charge >= 0.3 is 0 Å². The summed E-state index contributed by atoms with van der Waals surface area (Å²) in [5.41, 5.74) is 7.48. The molecule has 5 nitrogen and oxygen atoms in total. The summed E-state index contributed by atoms with van der Waals surface area (Å²) in [6.07, 6.45) is 0.541.